The lowest BCUT2D eigenvalue weighted by molar-refractivity contribution is -0.117. The van der Waals surface area contributed by atoms with Crippen LogP contribution in [0.4, 0.5) is 0 Å². The Bertz CT molecular complexity index is 563. The molecule has 2 rings (SSSR count). The molecule has 6 nitrogen and oxygen atoms in total. The van der Waals surface area contributed by atoms with Gasteiger partial charge in [-0.25, -0.2) is 14.6 Å². The summed E-state index contributed by atoms with van der Waals surface area (Å²) in [6.45, 7) is 2.85. The van der Waals surface area contributed by atoms with Crippen molar-refractivity contribution in [2.24, 2.45) is 0 Å². The van der Waals surface area contributed by atoms with Crippen molar-refractivity contribution < 1.29 is 9.53 Å². The molecule has 2 aromatic heterocycles. The van der Waals surface area contributed by atoms with Crippen molar-refractivity contribution >= 4 is 5.78 Å². The second kappa shape index (κ2) is 6.79. The van der Waals surface area contributed by atoms with E-state index in [1.54, 1.807) is 24.1 Å². The van der Waals surface area contributed by atoms with Gasteiger partial charge in [-0.05, 0) is 12.0 Å². The van der Waals surface area contributed by atoms with E-state index < -0.39 is 0 Å². The Morgan fingerprint density at radius 1 is 1.30 bits per heavy atom. The molecular weight excluding hydrogens is 256 g/mol. The van der Waals surface area contributed by atoms with Crippen molar-refractivity contribution in [3.05, 3.63) is 36.0 Å². The summed E-state index contributed by atoms with van der Waals surface area (Å²) in [4.78, 5) is 20.3. The van der Waals surface area contributed by atoms with Gasteiger partial charge in [0.25, 0.3) is 0 Å². The van der Waals surface area contributed by atoms with Crippen LogP contribution < -0.4 is 4.74 Å². The molecule has 0 saturated carbocycles. The van der Waals surface area contributed by atoms with Gasteiger partial charge in [0.15, 0.2) is 0 Å². The first-order valence-corrected chi connectivity index (χ1v) is 6.60. The van der Waals surface area contributed by atoms with Crippen LogP contribution in [0.3, 0.4) is 0 Å². The molecule has 2 heterocycles. The molecule has 0 aromatic carbocycles. The SMILES string of the molecule is CCCn1ncnc1CC(=O)Cc1ccc(OC)nc1. The van der Waals surface area contributed by atoms with Crippen molar-refractivity contribution in [1.82, 2.24) is 19.7 Å². The van der Waals surface area contributed by atoms with Gasteiger partial charge in [-0.3, -0.25) is 4.79 Å². The molecule has 2 aromatic rings. The second-order valence-corrected chi connectivity index (χ2v) is 4.50. The predicted octanol–water partition coefficient (Wildman–Crippen LogP) is 1.45. The highest BCUT2D eigenvalue weighted by atomic mass is 16.5. The van der Waals surface area contributed by atoms with E-state index in [4.69, 9.17) is 4.74 Å². The number of aromatic nitrogens is 4. The first-order valence-electron chi connectivity index (χ1n) is 6.60. The maximum Gasteiger partial charge on any atom is 0.212 e. The van der Waals surface area contributed by atoms with E-state index in [0.29, 0.717) is 18.7 Å². The number of ether oxygens (including phenoxy) is 1. The number of rotatable bonds is 7. The molecule has 0 saturated heterocycles. The topological polar surface area (TPSA) is 69.9 Å². The molecule has 106 valence electrons. The molecule has 0 unspecified atom stereocenters. The van der Waals surface area contributed by atoms with E-state index in [0.717, 1.165) is 24.4 Å². The van der Waals surface area contributed by atoms with E-state index in [-0.39, 0.29) is 5.78 Å². The molecular formula is C14H18N4O2. The summed E-state index contributed by atoms with van der Waals surface area (Å²) >= 11 is 0. The van der Waals surface area contributed by atoms with Crippen LogP contribution in [0.25, 0.3) is 0 Å². The Morgan fingerprint density at radius 3 is 2.80 bits per heavy atom. The molecule has 0 aliphatic heterocycles. The predicted molar refractivity (Wildman–Crippen MR) is 73.5 cm³/mol. The molecule has 0 bridgehead atoms. The summed E-state index contributed by atoms with van der Waals surface area (Å²) in [7, 11) is 1.56. The third-order valence-electron chi connectivity index (χ3n) is 2.89. The van der Waals surface area contributed by atoms with Crippen molar-refractivity contribution in [3.8, 4) is 5.88 Å². The summed E-state index contributed by atoms with van der Waals surface area (Å²) in [6, 6.07) is 3.60. The van der Waals surface area contributed by atoms with E-state index in [9.17, 15) is 4.79 Å². The van der Waals surface area contributed by atoms with Gasteiger partial charge in [0.1, 0.15) is 17.9 Å². The summed E-state index contributed by atoms with van der Waals surface area (Å²) < 4.78 is 6.77. The Kier molecular flexibility index (Phi) is 4.81. The van der Waals surface area contributed by atoms with Crippen LogP contribution in [-0.4, -0.2) is 32.6 Å². The van der Waals surface area contributed by atoms with E-state index in [1.807, 2.05) is 6.07 Å². The Balaban J connectivity index is 1.95. The Labute approximate surface area is 117 Å². The van der Waals surface area contributed by atoms with Crippen LogP contribution in [0.1, 0.15) is 24.7 Å². The van der Waals surface area contributed by atoms with E-state index >= 15 is 0 Å². The summed E-state index contributed by atoms with van der Waals surface area (Å²) in [5.74, 6) is 1.37. The molecule has 0 radical (unpaired) electrons. The number of carbonyl (C=O) groups is 1. The molecule has 6 heteroatoms. The maximum absolute atomic E-state index is 12.1. The minimum Gasteiger partial charge on any atom is -0.481 e. The molecule has 0 fully saturated rings. The van der Waals surface area contributed by atoms with Gasteiger partial charge >= 0.3 is 0 Å². The lowest BCUT2D eigenvalue weighted by Crippen LogP contribution is -2.13. The minimum absolute atomic E-state index is 0.0994. The summed E-state index contributed by atoms with van der Waals surface area (Å²) in [5, 5.41) is 4.11. The maximum atomic E-state index is 12.1. The zero-order valence-corrected chi connectivity index (χ0v) is 11.7. The smallest absolute Gasteiger partial charge is 0.212 e. The molecule has 0 N–H and O–H groups in total. The number of hydrogen-bond donors (Lipinski definition) is 0. The number of ketones is 1. The largest absolute Gasteiger partial charge is 0.481 e. The number of nitrogens with zero attached hydrogens (tertiary/aromatic N) is 4. The lowest BCUT2D eigenvalue weighted by atomic mass is 10.1. The zero-order chi connectivity index (χ0) is 14.4. The molecule has 0 atom stereocenters. The van der Waals surface area contributed by atoms with Gasteiger partial charge in [0, 0.05) is 25.2 Å². The monoisotopic (exact) mass is 274 g/mol. The van der Waals surface area contributed by atoms with Crippen LogP contribution in [0.2, 0.25) is 0 Å². The number of hydrogen-bond acceptors (Lipinski definition) is 5. The third kappa shape index (κ3) is 3.63. The minimum atomic E-state index is 0.0994. The van der Waals surface area contributed by atoms with E-state index in [2.05, 4.69) is 22.0 Å². The second-order valence-electron chi connectivity index (χ2n) is 4.50. The van der Waals surface area contributed by atoms with Crippen molar-refractivity contribution in [3.63, 3.8) is 0 Å². The highest BCUT2D eigenvalue weighted by Crippen LogP contribution is 2.08. The van der Waals surface area contributed by atoms with Crippen molar-refractivity contribution in [2.45, 2.75) is 32.7 Å². The Morgan fingerprint density at radius 2 is 2.15 bits per heavy atom. The van der Waals surface area contributed by atoms with Crippen LogP contribution in [0.5, 0.6) is 5.88 Å². The average Bonchev–Trinajstić information content (AvgIpc) is 2.87. The first-order chi connectivity index (χ1) is 9.72. The number of pyridine rings is 1. The van der Waals surface area contributed by atoms with Gasteiger partial charge in [-0.15, -0.1) is 0 Å². The van der Waals surface area contributed by atoms with Crippen LogP contribution >= 0.6 is 0 Å². The Hall–Kier alpha value is -2.24. The quantitative estimate of drug-likeness (QED) is 0.764. The highest BCUT2D eigenvalue weighted by molar-refractivity contribution is 5.82. The highest BCUT2D eigenvalue weighted by Gasteiger charge is 2.11. The van der Waals surface area contributed by atoms with Gasteiger partial charge in [-0.1, -0.05) is 13.0 Å². The normalized spacial score (nSPS) is 10.5. The standard InChI is InChI=1S/C14H18N4O2/c1-3-6-18-13(16-10-17-18)8-12(19)7-11-4-5-14(20-2)15-9-11/h4-5,9-10H,3,6-8H2,1-2H3. The van der Waals surface area contributed by atoms with Gasteiger partial charge in [0.2, 0.25) is 5.88 Å². The fourth-order valence-corrected chi connectivity index (χ4v) is 1.93. The van der Waals surface area contributed by atoms with Crippen LogP contribution in [0.15, 0.2) is 24.7 Å². The molecule has 20 heavy (non-hydrogen) atoms. The van der Waals surface area contributed by atoms with Gasteiger partial charge in [0.05, 0.1) is 13.5 Å². The van der Waals surface area contributed by atoms with Crippen LogP contribution in [0, 0.1) is 0 Å². The third-order valence-corrected chi connectivity index (χ3v) is 2.89. The fourth-order valence-electron chi connectivity index (χ4n) is 1.93. The fraction of sp³-hybridized carbons (Fsp3) is 0.429. The summed E-state index contributed by atoms with van der Waals surface area (Å²) in [5.41, 5.74) is 0.873. The summed E-state index contributed by atoms with van der Waals surface area (Å²) in [6.07, 6.45) is 4.76. The zero-order valence-electron chi connectivity index (χ0n) is 11.7. The molecule has 0 aliphatic rings. The van der Waals surface area contributed by atoms with E-state index in [1.165, 1.54) is 6.33 Å². The van der Waals surface area contributed by atoms with Crippen molar-refractivity contribution in [1.29, 1.82) is 0 Å². The lowest BCUT2D eigenvalue weighted by Gasteiger charge is -2.04. The van der Waals surface area contributed by atoms with Crippen molar-refractivity contribution in [2.75, 3.05) is 7.11 Å². The first kappa shape index (κ1) is 14.2. The van der Waals surface area contributed by atoms with Gasteiger partial charge < -0.3 is 4.74 Å². The average molecular weight is 274 g/mol. The number of carbonyl (C=O) groups excluding carboxylic acids is 1. The molecule has 0 spiro atoms. The molecule has 0 amide bonds. The number of methoxy groups -OCH3 is 1. The number of aryl methyl sites for hydroxylation is 1. The van der Waals surface area contributed by atoms with Gasteiger partial charge in [-0.2, -0.15) is 5.10 Å². The molecule has 0 aliphatic carbocycles. The van der Waals surface area contributed by atoms with Crippen LogP contribution in [-0.2, 0) is 24.2 Å². The number of Topliss-reactive ketones (excluding diaryl/α,β-unsaturated/α-hetero) is 1.